The Morgan fingerprint density at radius 3 is 2.47 bits per heavy atom. The van der Waals surface area contributed by atoms with Gasteiger partial charge in [-0.25, -0.2) is 13.1 Å². The first-order valence-electron chi connectivity index (χ1n) is 6.17. The normalized spacial score (nSPS) is 13.8. The molecule has 0 aliphatic carbocycles. The molecule has 108 valence electrons. The van der Waals surface area contributed by atoms with Gasteiger partial charge < -0.3 is 5.11 Å². The molecular formula is C13H20BrNO3S. The van der Waals surface area contributed by atoms with Crippen molar-refractivity contribution in [2.75, 3.05) is 6.54 Å². The molecule has 0 aliphatic heterocycles. The zero-order valence-electron chi connectivity index (χ0n) is 11.4. The molecule has 1 unspecified atom stereocenters. The number of halogens is 1. The van der Waals surface area contributed by atoms with E-state index in [0.717, 1.165) is 0 Å². The fourth-order valence-electron chi connectivity index (χ4n) is 1.41. The molecule has 0 amide bonds. The van der Waals surface area contributed by atoms with Crippen molar-refractivity contribution in [2.24, 2.45) is 11.8 Å². The summed E-state index contributed by atoms with van der Waals surface area (Å²) in [4.78, 5) is 0.162. The van der Waals surface area contributed by atoms with Crippen molar-refractivity contribution in [3.63, 3.8) is 0 Å². The van der Waals surface area contributed by atoms with Gasteiger partial charge in [-0.15, -0.1) is 0 Å². The van der Waals surface area contributed by atoms with Crippen LogP contribution in [-0.4, -0.2) is 20.1 Å². The largest absolute Gasteiger partial charge is 0.392 e. The van der Waals surface area contributed by atoms with E-state index in [1.54, 1.807) is 12.1 Å². The van der Waals surface area contributed by atoms with Gasteiger partial charge in [0.25, 0.3) is 0 Å². The second-order valence-electron chi connectivity index (χ2n) is 5.00. The Morgan fingerprint density at radius 1 is 1.32 bits per heavy atom. The number of sulfonamides is 1. The van der Waals surface area contributed by atoms with E-state index in [1.807, 2.05) is 6.92 Å². The predicted molar refractivity (Wildman–Crippen MR) is 79.3 cm³/mol. The number of benzene rings is 1. The zero-order valence-corrected chi connectivity index (χ0v) is 13.8. The van der Waals surface area contributed by atoms with Gasteiger partial charge in [-0.3, -0.25) is 0 Å². The third-order valence-corrected chi connectivity index (χ3v) is 5.62. The van der Waals surface area contributed by atoms with Crippen molar-refractivity contribution in [1.29, 1.82) is 0 Å². The highest BCUT2D eigenvalue weighted by Crippen LogP contribution is 2.23. The molecule has 6 heteroatoms. The Kier molecular flexibility index (Phi) is 5.98. The number of nitrogens with one attached hydrogen (secondary N) is 1. The van der Waals surface area contributed by atoms with E-state index >= 15 is 0 Å². The molecule has 0 saturated carbocycles. The lowest BCUT2D eigenvalue weighted by molar-refractivity contribution is 0.281. The lowest BCUT2D eigenvalue weighted by Crippen LogP contribution is -2.30. The summed E-state index contributed by atoms with van der Waals surface area (Å²) in [5, 5.41) is 9.08. The summed E-state index contributed by atoms with van der Waals surface area (Å²) in [5.41, 5.74) is 0.570. The van der Waals surface area contributed by atoms with Gasteiger partial charge in [0.1, 0.15) is 0 Å². The highest BCUT2D eigenvalue weighted by atomic mass is 79.9. The SMILES string of the molecule is CC(C)C(C)CNS(=O)(=O)c1cc(CO)ccc1Br. The number of aliphatic hydroxyl groups excluding tert-OH is 1. The van der Waals surface area contributed by atoms with E-state index < -0.39 is 10.0 Å². The number of hydrogen-bond donors (Lipinski definition) is 2. The fraction of sp³-hybridized carbons (Fsp3) is 0.538. The average molecular weight is 350 g/mol. The van der Waals surface area contributed by atoms with Crippen LogP contribution in [0.4, 0.5) is 0 Å². The standard InChI is InChI=1S/C13H20BrNO3S/c1-9(2)10(3)7-15-19(17,18)13-6-11(8-16)4-5-12(13)14/h4-6,9-10,15-16H,7-8H2,1-3H3. The second kappa shape index (κ2) is 6.83. The number of aliphatic hydroxyl groups is 1. The first kappa shape index (κ1) is 16.6. The van der Waals surface area contributed by atoms with E-state index in [9.17, 15) is 8.42 Å². The molecule has 0 radical (unpaired) electrons. The van der Waals surface area contributed by atoms with E-state index in [2.05, 4.69) is 34.5 Å². The van der Waals surface area contributed by atoms with Crippen molar-refractivity contribution in [2.45, 2.75) is 32.3 Å². The van der Waals surface area contributed by atoms with Crippen molar-refractivity contribution in [3.05, 3.63) is 28.2 Å². The lowest BCUT2D eigenvalue weighted by atomic mass is 9.99. The minimum absolute atomic E-state index is 0.162. The molecule has 19 heavy (non-hydrogen) atoms. The van der Waals surface area contributed by atoms with Crippen LogP contribution in [0.5, 0.6) is 0 Å². The number of hydrogen-bond acceptors (Lipinski definition) is 3. The molecule has 1 aromatic carbocycles. The molecule has 0 spiro atoms. The van der Waals surface area contributed by atoms with Gasteiger partial charge in [0.15, 0.2) is 0 Å². The van der Waals surface area contributed by atoms with Crippen LogP contribution in [0.3, 0.4) is 0 Å². The Morgan fingerprint density at radius 2 is 1.95 bits per heavy atom. The monoisotopic (exact) mass is 349 g/mol. The first-order valence-corrected chi connectivity index (χ1v) is 8.44. The number of rotatable bonds is 6. The van der Waals surface area contributed by atoms with E-state index in [4.69, 9.17) is 5.11 Å². The summed E-state index contributed by atoms with van der Waals surface area (Å²) in [6.45, 7) is 6.34. The lowest BCUT2D eigenvalue weighted by Gasteiger charge is -2.17. The summed E-state index contributed by atoms with van der Waals surface area (Å²) < 4.78 is 27.6. The third kappa shape index (κ3) is 4.56. The van der Waals surface area contributed by atoms with Crippen LogP contribution in [0.1, 0.15) is 26.3 Å². The van der Waals surface area contributed by atoms with Crippen molar-refractivity contribution >= 4 is 26.0 Å². The van der Waals surface area contributed by atoms with Gasteiger partial charge >= 0.3 is 0 Å². The van der Waals surface area contributed by atoms with Gasteiger partial charge in [0.05, 0.1) is 11.5 Å². The van der Waals surface area contributed by atoms with Crippen molar-refractivity contribution < 1.29 is 13.5 Å². The van der Waals surface area contributed by atoms with E-state index in [1.165, 1.54) is 6.07 Å². The smallest absolute Gasteiger partial charge is 0.241 e. The Labute approximate surface area is 123 Å². The topological polar surface area (TPSA) is 66.4 Å². The molecular weight excluding hydrogens is 330 g/mol. The maximum Gasteiger partial charge on any atom is 0.241 e. The van der Waals surface area contributed by atoms with Crippen LogP contribution in [0.2, 0.25) is 0 Å². The predicted octanol–water partition coefficient (Wildman–Crippen LogP) is 2.51. The van der Waals surface area contributed by atoms with Crippen LogP contribution in [0.15, 0.2) is 27.6 Å². The second-order valence-corrected chi connectivity index (χ2v) is 7.59. The summed E-state index contributed by atoms with van der Waals surface area (Å²) in [6.07, 6.45) is 0. The Balaban J connectivity index is 2.94. The van der Waals surface area contributed by atoms with Crippen LogP contribution in [-0.2, 0) is 16.6 Å². The molecule has 1 rings (SSSR count). The summed E-state index contributed by atoms with van der Waals surface area (Å²) >= 11 is 3.23. The minimum atomic E-state index is -3.56. The van der Waals surface area contributed by atoms with Gasteiger partial charge in [-0.2, -0.15) is 0 Å². The van der Waals surface area contributed by atoms with Crippen molar-refractivity contribution in [3.8, 4) is 0 Å². The van der Waals surface area contributed by atoms with Gasteiger partial charge in [0.2, 0.25) is 10.0 Å². The van der Waals surface area contributed by atoms with Gasteiger partial charge in [-0.1, -0.05) is 26.8 Å². The van der Waals surface area contributed by atoms with Crippen LogP contribution in [0, 0.1) is 11.8 Å². The van der Waals surface area contributed by atoms with E-state index in [0.29, 0.717) is 22.5 Å². The molecule has 2 N–H and O–H groups in total. The van der Waals surface area contributed by atoms with Crippen LogP contribution < -0.4 is 4.72 Å². The maximum atomic E-state index is 12.2. The third-order valence-electron chi connectivity index (χ3n) is 3.20. The molecule has 0 heterocycles. The minimum Gasteiger partial charge on any atom is -0.392 e. The molecule has 0 fully saturated rings. The summed E-state index contributed by atoms with van der Waals surface area (Å²) in [6, 6.07) is 4.79. The summed E-state index contributed by atoms with van der Waals surface area (Å²) in [7, 11) is -3.56. The highest BCUT2D eigenvalue weighted by Gasteiger charge is 2.19. The fourth-order valence-corrected chi connectivity index (χ4v) is 3.56. The van der Waals surface area contributed by atoms with Crippen LogP contribution >= 0.6 is 15.9 Å². The maximum absolute atomic E-state index is 12.2. The Hall–Kier alpha value is -0.430. The molecule has 1 aromatic rings. The average Bonchev–Trinajstić information content (AvgIpc) is 2.36. The molecule has 0 saturated heterocycles. The zero-order chi connectivity index (χ0) is 14.6. The van der Waals surface area contributed by atoms with Gasteiger partial charge in [-0.05, 0) is 45.5 Å². The molecule has 0 aromatic heterocycles. The highest BCUT2D eigenvalue weighted by molar-refractivity contribution is 9.10. The summed E-state index contributed by atoms with van der Waals surface area (Å²) in [5.74, 6) is 0.671. The first-order chi connectivity index (χ1) is 8.77. The quantitative estimate of drug-likeness (QED) is 0.829. The Bertz CT molecular complexity index is 529. The van der Waals surface area contributed by atoms with Crippen molar-refractivity contribution in [1.82, 2.24) is 4.72 Å². The molecule has 4 nitrogen and oxygen atoms in total. The van der Waals surface area contributed by atoms with E-state index in [-0.39, 0.29) is 17.4 Å². The van der Waals surface area contributed by atoms with Crippen LogP contribution in [0.25, 0.3) is 0 Å². The van der Waals surface area contributed by atoms with Gasteiger partial charge in [0, 0.05) is 11.0 Å². The molecule has 0 bridgehead atoms. The molecule has 1 atom stereocenters. The molecule has 0 aliphatic rings.